The molecule has 1 aliphatic heterocycles. The highest BCUT2D eigenvalue weighted by molar-refractivity contribution is 6.05. The predicted octanol–water partition coefficient (Wildman–Crippen LogP) is 3.12. The number of amides is 1. The van der Waals surface area contributed by atoms with Crippen LogP contribution in [0.15, 0.2) is 61.3 Å². The minimum atomic E-state index is -0.216. The van der Waals surface area contributed by atoms with Gasteiger partial charge in [0.15, 0.2) is 0 Å². The van der Waals surface area contributed by atoms with E-state index in [2.05, 4.69) is 31.2 Å². The van der Waals surface area contributed by atoms with Crippen LogP contribution in [-0.4, -0.2) is 51.7 Å². The first-order valence-corrected chi connectivity index (χ1v) is 10.1. The summed E-state index contributed by atoms with van der Waals surface area (Å²) >= 11 is 0. The Labute approximate surface area is 179 Å². The Morgan fingerprint density at radius 2 is 1.90 bits per heavy atom. The molecule has 156 valence electrons. The van der Waals surface area contributed by atoms with Gasteiger partial charge in [0, 0.05) is 49.0 Å². The van der Waals surface area contributed by atoms with Crippen LogP contribution in [0.5, 0.6) is 0 Å². The number of carbonyl (C=O) groups excluding carboxylic acids is 1. The largest absolute Gasteiger partial charge is 0.378 e. The van der Waals surface area contributed by atoms with Gasteiger partial charge >= 0.3 is 0 Å². The number of fused-ring (bicyclic) bond motifs is 1. The van der Waals surface area contributed by atoms with E-state index in [0.29, 0.717) is 24.6 Å². The van der Waals surface area contributed by atoms with Crippen LogP contribution in [0.4, 0.5) is 11.6 Å². The predicted molar refractivity (Wildman–Crippen MR) is 119 cm³/mol. The summed E-state index contributed by atoms with van der Waals surface area (Å²) in [5.74, 6) is 1.07. The topological polar surface area (TPSA) is 85.2 Å². The quantitative estimate of drug-likeness (QED) is 0.552. The van der Waals surface area contributed by atoms with E-state index in [9.17, 15) is 4.79 Å². The van der Waals surface area contributed by atoms with E-state index in [0.717, 1.165) is 40.9 Å². The lowest BCUT2D eigenvalue weighted by molar-refractivity contribution is 0.102. The molecule has 5 rings (SSSR count). The van der Waals surface area contributed by atoms with Crippen LogP contribution in [0.2, 0.25) is 0 Å². The minimum Gasteiger partial charge on any atom is -0.378 e. The molecule has 1 fully saturated rings. The van der Waals surface area contributed by atoms with Crippen molar-refractivity contribution in [1.29, 1.82) is 0 Å². The van der Waals surface area contributed by atoms with Gasteiger partial charge in [-0.05, 0) is 29.7 Å². The normalized spacial score (nSPS) is 14.0. The third-order valence-electron chi connectivity index (χ3n) is 5.42. The summed E-state index contributed by atoms with van der Waals surface area (Å²) < 4.78 is 7.36. The molecule has 0 bridgehead atoms. The second-order valence-corrected chi connectivity index (χ2v) is 7.48. The fourth-order valence-corrected chi connectivity index (χ4v) is 3.72. The molecule has 4 heterocycles. The Hall–Kier alpha value is -3.78. The Balaban J connectivity index is 1.38. The number of imidazole rings is 1. The summed E-state index contributed by atoms with van der Waals surface area (Å²) in [6.45, 7) is 2.87. The van der Waals surface area contributed by atoms with Crippen LogP contribution >= 0.6 is 0 Å². The smallest absolute Gasteiger partial charge is 0.257 e. The van der Waals surface area contributed by atoms with Crippen molar-refractivity contribution in [1.82, 2.24) is 19.5 Å². The van der Waals surface area contributed by atoms with Gasteiger partial charge in [-0.2, -0.15) is 0 Å². The van der Waals surface area contributed by atoms with Crippen molar-refractivity contribution in [3.05, 3.63) is 66.9 Å². The number of benzene rings is 1. The number of morpholine rings is 1. The van der Waals surface area contributed by atoms with Gasteiger partial charge < -0.3 is 19.5 Å². The third-order valence-corrected chi connectivity index (χ3v) is 5.42. The number of rotatable bonds is 4. The van der Waals surface area contributed by atoms with E-state index in [-0.39, 0.29) is 5.91 Å². The molecule has 1 saturated heterocycles. The summed E-state index contributed by atoms with van der Waals surface area (Å²) in [6.07, 6.45) is 7.04. The van der Waals surface area contributed by atoms with Gasteiger partial charge in [-0.3, -0.25) is 4.79 Å². The molecule has 0 saturated carbocycles. The van der Waals surface area contributed by atoms with Crippen molar-refractivity contribution >= 4 is 28.3 Å². The number of nitrogens with zero attached hydrogens (tertiary/aromatic N) is 5. The Morgan fingerprint density at radius 3 is 2.71 bits per heavy atom. The van der Waals surface area contributed by atoms with Crippen molar-refractivity contribution in [3.8, 4) is 11.3 Å². The zero-order valence-electron chi connectivity index (χ0n) is 17.2. The maximum atomic E-state index is 12.8. The summed E-state index contributed by atoms with van der Waals surface area (Å²) in [5.41, 5.74) is 2.62. The van der Waals surface area contributed by atoms with Crippen LogP contribution < -0.4 is 10.2 Å². The number of aromatic nitrogens is 4. The lowest BCUT2D eigenvalue weighted by Crippen LogP contribution is -2.36. The summed E-state index contributed by atoms with van der Waals surface area (Å²) in [6, 6.07) is 11.5. The SMILES string of the molecule is Cn1cncc1-c1ccc2cnc(NC(=O)c3ccnc(N4CCOCC4)c3)cc2c1. The minimum absolute atomic E-state index is 0.216. The van der Waals surface area contributed by atoms with Crippen molar-refractivity contribution in [3.63, 3.8) is 0 Å². The first kappa shape index (κ1) is 19.2. The van der Waals surface area contributed by atoms with Gasteiger partial charge in [-0.1, -0.05) is 12.1 Å². The second kappa shape index (κ2) is 8.16. The van der Waals surface area contributed by atoms with E-state index in [1.165, 1.54) is 0 Å². The lowest BCUT2D eigenvalue weighted by Gasteiger charge is -2.27. The molecule has 3 aromatic heterocycles. The molecule has 4 aromatic rings. The molecule has 1 aromatic carbocycles. The molecular formula is C23H22N6O2. The zero-order chi connectivity index (χ0) is 21.2. The zero-order valence-corrected chi connectivity index (χ0v) is 17.2. The maximum Gasteiger partial charge on any atom is 0.257 e. The van der Waals surface area contributed by atoms with Gasteiger partial charge in [0.05, 0.1) is 31.4 Å². The van der Waals surface area contributed by atoms with Crippen molar-refractivity contribution in [2.45, 2.75) is 0 Å². The van der Waals surface area contributed by atoms with Crippen LogP contribution in [0.25, 0.3) is 22.0 Å². The monoisotopic (exact) mass is 414 g/mol. The number of pyridine rings is 2. The molecule has 0 radical (unpaired) electrons. The highest BCUT2D eigenvalue weighted by Gasteiger charge is 2.15. The van der Waals surface area contributed by atoms with E-state index in [4.69, 9.17) is 4.74 Å². The number of anilines is 2. The van der Waals surface area contributed by atoms with Crippen molar-refractivity contribution in [2.24, 2.45) is 7.05 Å². The molecule has 1 aliphatic rings. The Kier molecular flexibility index (Phi) is 5.05. The third kappa shape index (κ3) is 3.97. The molecule has 1 amide bonds. The number of carbonyl (C=O) groups is 1. The van der Waals surface area contributed by atoms with Crippen molar-refractivity contribution in [2.75, 3.05) is 36.5 Å². The van der Waals surface area contributed by atoms with Gasteiger partial charge in [-0.25, -0.2) is 15.0 Å². The molecule has 0 aliphatic carbocycles. The molecule has 31 heavy (non-hydrogen) atoms. The number of aryl methyl sites for hydroxylation is 1. The standard InChI is InChI=1S/C23H22N6O2/c1-28-15-24-14-20(28)16-2-3-18-13-26-21(11-19(18)10-16)27-23(30)17-4-5-25-22(12-17)29-6-8-31-9-7-29/h2-5,10-15H,6-9H2,1H3,(H,26,27,30). The first-order valence-electron chi connectivity index (χ1n) is 10.1. The van der Waals surface area contributed by atoms with Crippen LogP contribution in [0.1, 0.15) is 10.4 Å². The lowest BCUT2D eigenvalue weighted by atomic mass is 10.1. The molecule has 1 N–H and O–H groups in total. The number of nitrogens with one attached hydrogen (secondary N) is 1. The summed E-state index contributed by atoms with van der Waals surface area (Å²) in [7, 11) is 1.96. The van der Waals surface area contributed by atoms with E-state index >= 15 is 0 Å². The molecule has 0 atom stereocenters. The Morgan fingerprint density at radius 1 is 1.03 bits per heavy atom. The van der Waals surface area contributed by atoms with E-state index in [1.807, 2.05) is 42.1 Å². The van der Waals surface area contributed by atoms with Gasteiger partial charge in [0.25, 0.3) is 5.91 Å². The van der Waals surface area contributed by atoms with Crippen LogP contribution in [0, 0.1) is 0 Å². The fraction of sp³-hybridized carbons (Fsp3) is 0.217. The highest BCUT2D eigenvalue weighted by atomic mass is 16.5. The fourth-order valence-electron chi connectivity index (χ4n) is 3.72. The van der Waals surface area contributed by atoms with Gasteiger partial charge in [-0.15, -0.1) is 0 Å². The summed E-state index contributed by atoms with van der Waals surface area (Å²) in [5, 5.41) is 4.90. The average molecular weight is 414 g/mol. The molecular weight excluding hydrogens is 392 g/mol. The highest BCUT2D eigenvalue weighted by Crippen LogP contribution is 2.25. The van der Waals surface area contributed by atoms with Gasteiger partial charge in [0.2, 0.25) is 0 Å². The molecule has 8 nitrogen and oxygen atoms in total. The average Bonchev–Trinajstić information content (AvgIpc) is 3.25. The molecule has 0 spiro atoms. The Bertz CT molecular complexity index is 1250. The van der Waals surface area contributed by atoms with Gasteiger partial charge in [0.1, 0.15) is 11.6 Å². The molecule has 0 unspecified atom stereocenters. The van der Waals surface area contributed by atoms with Crippen molar-refractivity contribution < 1.29 is 9.53 Å². The van der Waals surface area contributed by atoms with Crippen LogP contribution in [0.3, 0.4) is 0 Å². The van der Waals surface area contributed by atoms with Crippen LogP contribution in [-0.2, 0) is 11.8 Å². The number of hydrogen-bond acceptors (Lipinski definition) is 6. The number of hydrogen-bond donors (Lipinski definition) is 1. The second-order valence-electron chi connectivity index (χ2n) is 7.48. The summed E-state index contributed by atoms with van der Waals surface area (Å²) in [4.78, 5) is 28.0. The maximum absolute atomic E-state index is 12.8. The van der Waals surface area contributed by atoms with E-state index in [1.54, 1.807) is 24.8 Å². The molecule has 8 heteroatoms. The first-order chi connectivity index (χ1) is 15.2. The number of ether oxygens (including phenoxy) is 1. The van der Waals surface area contributed by atoms with E-state index < -0.39 is 0 Å².